The zero-order valence-electron chi connectivity index (χ0n) is 11.4. The Morgan fingerprint density at radius 1 is 1.47 bits per heavy atom. The molecule has 1 fully saturated rings. The summed E-state index contributed by atoms with van der Waals surface area (Å²) in [6, 6.07) is 1.68. The SMILES string of the molecule is CCNc1ccncc1S(=O)(=O)NCC(C)C1CC1. The van der Waals surface area contributed by atoms with Crippen LogP contribution in [-0.4, -0.2) is 26.5 Å². The molecular weight excluding hydrogens is 262 g/mol. The van der Waals surface area contributed by atoms with Crippen molar-refractivity contribution in [3.8, 4) is 0 Å². The Bertz CT molecular complexity index is 526. The molecule has 2 N–H and O–H groups in total. The van der Waals surface area contributed by atoms with Crippen LogP contribution in [0.4, 0.5) is 5.69 Å². The molecule has 5 nitrogen and oxygen atoms in total. The molecule has 0 saturated heterocycles. The molecule has 19 heavy (non-hydrogen) atoms. The Morgan fingerprint density at radius 2 is 2.21 bits per heavy atom. The maximum absolute atomic E-state index is 12.3. The van der Waals surface area contributed by atoms with Crippen LogP contribution in [0.1, 0.15) is 26.7 Å². The van der Waals surface area contributed by atoms with E-state index in [4.69, 9.17) is 0 Å². The third kappa shape index (κ3) is 3.67. The summed E-state index contributed by atoms with van der Waals surface area (Å²) in [4.78, 5) is 4.13. The van der Waals surface area contributed by atoms with Crippen LogP contribution >= 0.6 is 0 Å². The van der Waals surface area contributed by atoms with Crippen molar-refractivity contribution >= 4 is 15.7 Å². The van der Waals surface area contributed by atoms with Crippen LogP contribution in [0.5, 0.6) is 0 Å². The lowest BCUT2D eigenvalue weighted by Crippen LogP contribution is -2.29. The molecule has 0 radical (unpaired) electrons. The Kier molecular flexibility index (Phi) is 4.42. The first-order valence-corrected chi connectivity index (χ1v) is 8.20. The number of pyridine rings is 1. The lowest BCUT2D eigenvalue weighted by atomic mass is 10.1. The van der Waals surface area contributed by atoms with E-state index in [1.807, 2.05) is 6.92 Å². The van der Waals surface area contributed by atoms with Gasteiger partial charge in [-0.05, 0) is 37.7 Å². The van der Waals surface area contributed by atoms with Crippen LogP contribution in [0, 0.1) is 11.8 Å². The molecule has 0 aromatic carbocycles. The molecule has 106 valence electrons. The van der Waals surface area contributed by atoms with Gasteiger partial charge in [0.25, 0.3) is 0 Å². The molecule has 1 atom stereocenters. The van der Waals surface area contributed by atoms with Crippen molar-refractivity contribution in [2.24, 2.45) is 11.8 Å². The quantitative estimate of drug-likeness (QED) is 0.801. The zero-order chi connectivity index (χ0) is 13.9. The summed E-state index contributed by atoms with van der Waals surface area (Å²) in [6.45, 7) is 5.19. The predicted molar refractivity (Wildman–Crippen MR) is 75.5 cm³/mol. The van der Waals surface area contributed by atoms with Crippen LogP contribution in [0.2, 0.25) is 0 Å². The first kappa shape index (κ1) is 14.3. The smallest absolute Gasteiger partial charge is 0.244 e. The topological polar surface area (TPSA) is 71.1 Å². The van der Waals surface area contributed by atoms with Crippen molar-refractivity contribution in [2.75, 3.05) is 18.4 Å². The van der Waals surface area contributed by atoms with Crippen molar-refractivity contribution in [1.29, 1.82) is 0 Å². The number of hydrogen-bond acceptors (Lipinski definition) is 4. The van der Waals surface area contributed by atoms with Crippen LogP contribution < -0.4 is 10.0 Å². The van der Waals surface area contributed by atoms with Gasteiger partial charge in [0.15, 0.2) is 0 Å². The van der Waals surface area contributed by atoms with Crippen LogP contribution in [0.3, 0.4) is 0 Å². The third-order valence-corrected chi connectivity index (χ3v) is 4.91. The number of nitrogens with zero attached hydrogens (tertiary/aromatic N) is 1. The van der Waals surface area contributed by atoms with E-state index in [-0.39, 0.29) is 4.90 Å². The number of aromatic nitrogens is 1. The van der Waals surface area contributed by atoms with E-state index in [0.29, 0.717) is 30.6 Å². The Morgan fingerprint density at radius 3 is 2.84 bits per heavy atom. The zero-order valence-corrected chi connectivity index (χ0v) is 12.2. The van der Waals surface area contributed by atoms with Gasteiger partial charge >= 0.3 is 0 Å². The van der Waals surface area contributed by atoms with Gasteiger partial charge in [0, 0.05) is 25.5 Å². The highest BCUT2D eigenvalue weighted by atomic mass is 32.2. The Hall–Kier alpha value is -1.14. The molecular formula is C13H21N3O2S. The average molecular weight is 283 g/mol. The van der Waals surface area contributed by atoms with Gasteiger partial charge in [-0.3, -0.25) is 4.98 Å². The number of sulfonamides is 1. The average Bonchev–Trinajstić information content (AvgIpc) is 3.21. The predicted octanol–water partition coefficient (Wildman–Crippen LogP) is 1.84. The summed E-state index contributed by atoms with van der Waals surface area (Å²) < 4.78 is 27.3. The summed E-state index contributed by atoms with van der Waals surface area (Å²) in [6.07, 6.45) is 5.42. The number of nitrogens with one attached hydrogen (secondary N) is 2. The molecule has 6 heteroatoms. The fraction of sp³-hybridized carbons (Fsp3) is 0.615. The van der Waals surface area contributed by atoms with Gasteiger partial charge in [0.05, 0.1) is 5.69 Å². The standard InChI is InChI=1S/C13H21N3O2S/c1-3-15-12-6-7-14-9-13(12)19(17,18)16-8-10(2)11-4-5-11/h6-7,9-11,16H,3-5,8H2,1-2H3,(H,14,15). The van der Waals surface area contributed by atoms with E-state index in [2.05, 4.69) is 21.9 Å². The van der Waals surface area contributed by atoms with E-state index in [1.54, 1.807) is 12.3 Å². The summed E-state index contributed by atoms with van der Waals surface area (Å²) in [5.41, 5.74) is 0.601. The van der Waals surface area contributed by atoms with Gasteiger partial charge in [-0.1, -0.05) is 6.92 Å². The monoisotopic (exact) mass is 283 g/mol. The number of anilines is 1. The van der Waals surface area contributed by atoms with Crippen LogP contribution in [-0.2, 0) is 10.0 Å². The molecule has 2 rings (SSSR count). The molecule has 1 unspecified atom stereocenters. The minimum Gasteiger partial charge on any atom is -0.384 e. The van der Waals surface area contributed by atoms with Gasteiger partial charge in [-0.2, -0.15) is 0 Å². The van der Waals surface area contributed by atoms with Gasteiger partial charge < -0.3 is 5.32 Å². The van der Waals surface area contributed by atoms with Crippen molar-refractivity contribution in [2.45, 2.75) is 31.6 Å². The van der Waals surface area contributed by atoms with Crippen molar-refractivity contribution in [1.82, 2.24) is 9.71 Å². The molecule has 0 aliphatic heterocycles. The van der Waals surface area contributed by atoms with E-state index >= 15 is 0 Å². The van der Waals surface area contributed by atoms with Crippen LogP contribution in [0.15, 0.2) is 23.4 Å². The molecule has 1 aromatic heterocycles. The molecule has 0 bridgehead atoms. The fourth-order valence-electron chi connectivity index (χ4n) is 2.08. The largest absolute Gasteiger partial charge is 0.384 e. The molecule has 0 spiro atoms. The van der Waals surface area contributed by atoms with E-state index < -0.39 is 10.0 Å². The Balaban J connectivity index is 2.09. The van der Waals surface area contributed by atoms with Gasteiger partial charge in [0.2, 0.25) is 10.0 Å². The van der Waals surface area contributed by atoms with Crippen molar-refractivity contribution in [3.63, 3.8) is 0 Å². The second-order valence-corrected chi connectivity index (χ2v) is 6.80. The maximum atomic E-state index is 12.3. The van der Waals surface area contributed by atoms with E-state index in [1.165, 1.54) is 19.0 Å². The van der Waals surface area contributed by atoms with Gasteiger partial charge in [0.1, 0.15) is 4.90 Å². The van der Waals surface area contributed by atoms with E-state index in [9.17, 15) is 8.42 Å². The summed E-state index contributed by atoms with van der Waals surface area (Å²) in [5, 5.41) is 3.05. The van der Waals surface area contributed by atoms with Crippen molar-refractivity contribution < 1.29 is 8.42 Å². The molecule has 0 amide bonds. The molecule has 1 aliphatic carbocycles. The summed E-state index contributed by atoms with van der Waals surface area (Å²) >= 11 is 0. The molecule has 1 saturated carbocycles. The summed E-state index contributed by atoms with van der Waals surface area (Å²) in [7, 11) is -3.49. The third-order valence-electron chi connectivity index (χ3n) is 3.46. The highest BCUT2D eigenvalue weighted by molar-refractivity contribution is 7.89. The van der Waals surface area contributed by atoms with E-state index in [0.717, 1.165) is 0 Å². The lowest BCUT2D eigenvalue weighted by Gasteiger charge is -2.14. The summed E-state index contributed by atoms with van der Waals surface area (Å²) in [5.74, 6) is 1.08. The lowest BCUT2D eigenvalue weighted by molar-refractivity contribution is 0.492. The fourth-order valence-corrected chi connectivity index (χ4v) is 3.35. The number of rotatable bonds is 7. The van der Waals surface area contributed by atoms with Crippen molar-refractivity contribution in [3.05, 3.63) is 18.5 Å². The first-order chi connectivity index (χ1) is 9.04. The van der Waals surface area contributed by atoms with Crippen LogP contribution in [0.25, 0.3) is 0 Å². The molecule has 1 aromatic rings. The first-order valence-electron chi connectivity index (χ1n) is 6.72. The Labute approximate surface area is 114 Å². The molecule has 1 heterocycles. The highest BCUT2D eigenvalue weighted by Crippen LogP contribution is 2.36. The van der Waals surface area contributed by atoms with Gasteiger partial charge in [-0.15, -0.1) is 0 Å². The van der Waals surface area contributed by atoms with Gasteiger partial charge in [-0.25, -0.2) is 13.1 Å². The highest BCUT2D eigenvalue weighted by Gasteiger charge is 2.29. The second kappa shape index (κ2) is 5.88. The normalized spacial score (nSPS) is 17.2. The molecule has 1 aliphatic rings. The number of hydrogen-bond donors (Lipinski definition) is 2. The minimum absolute atomic E-state index is 0.222. The maximum Gasteiger partial charge on any atom is 0.244 e. The second-order valence-electron chi connectivity index (χ2n) is 5.07. The minimum atomic E-state index is -3.49.